The number of hydrogen-bond acceptors (Lipinski definition) is 2. The Morgan fingerprint density at radius 1 is 1.60 bits per heavy atom. The number of nitriles is 1. The molecule has 76 valence electrons. The summed E-state index contributed by atoms with van der Waals surface area (Å²) in [6, 6.07) is 6.38. The van der Waals surface area contributed by atoms with Crippen molar-refractivity contribution in [2.24, 2.45) is 0 Å². The van der Waals surface area contributed by atoms with Gasteiger partial charge >= 0.3 is 0 Å². The standard InChI is InChI=1S/C11H8BrFN2/c1-7-2-3-8(10(13)6-7)11(15)9(12)4-5-14/h2-4,6,15H,1H3/b9-4+,15-11?. The van der Waals surface area contributed by atoms with Crippen LogP contribution in [-0.2, 0) is 0 Å². The predicted octanol–water partition coefficient (Wildman–Crippen LogP) is 3.30. The zero-order chi connectivity index (χ0) is 11.4. The Labute approximate surface area is 95.7 Å². The predicted molar refractivity (Wildman–Crippen MR) is 60.6 cm³/mol. The largest absolute Gasteiger partial charge is 0.299 e. The molecule has 0 heterocycles. The van der Waals surface area contributed by atoms with Gasteiger partial charge in [0.15, 0.2) is 0 Å². The summed E-state index contributed by atoms with van der Waals surface area (Å²) in [6.07, 6.45) is 1.15. The molecule has 0 atom stereocenters. The topological polar surface area (TPSA) is 47.6 Å². The van der Waals surface area contributed by atoms with Crippen LogP contribution >= 0.6 is 15.9 Å². The highest BCUT2D eigenvalue weighted by atomic mass is 79.9. The molecule has 0 unspecified atom stereocenters. The highest BCUT2D eigenvalue weighted by molar-refractivity contribution is 9.12. The smallest absolute Gasteiger partial charge is 0.132 e. The summed E-state index contributed by atoms with van der Waals surface area (Å²) >= 11 is 3.04. The number of nitrogens with zero attached hydrogens (tertiary/aromatic N) is 1. The second-order valence-corrected chi connectivity index (χ2v) is 3.83. The summed E-state index contributed by atoms with van der Waals surface area (Å²) in [5.41, 5.74) is 0.942. The number of aryl methyl sites for hydroxylation is 1. The lowest BCUT2D eigenvalue weighted by molar-refractivity contribution is 0.624. The van der Waals surface area contributed by atoms with Crippen LogP contribution < -0.4 is 0 Å². The van der Waals surface area contributed by atoms with Gasteiger partial charge in [0.2, 0.25) is 0 Å². The number of rotatable bonds is 2. The molecule has 1 N–H and O–H groups in total. The minimum atomic E-state index is -0.455. The molecule has 0 bridgehead atoms. The number of benzene rings is 1. The maximum absolute atomic E-state index is 13.4. The zero-order valence-electron chi connectivity index (χ0n) is 8.01. The van der Waals surface area contributed by atoms with Crippen molar-refractivity contribution < 1.29 is 4.39 Å². The first-order valence-corrected chi connectivity index (χ1v) is 4.96. The SMILES string of the molecule is Cc1ccc(C(=N)/C(Br)=C\C#N)c(F)c1. The number of halogens is 2. The van der Waals surface area contributed by atoms with Gasteiger partial charge in [0.1, 0.15) is 5.82 Å². The average Bonchev–Trinajstić information content (AvgIpc) is 2.17. The van der Waals surface area contributed by atoms with E-state index in [1.54, 1.807) is 19.1 Å². The van der Waals surface area contributed by atoms with Crippen LogP contribution in [0.3, 0.4) is 0 Å². The van der Waals surface area contributed by atoms with Crippen molar-refractivity contribution in [1.82, 2.24) is 0 Å². The van der Waals surface area contributed by atoms with Gasteiger partial charge in [-0.15, -0.1) is 0 Å². The van der Waals surface area contributed by atoms with Crippen LogP contribution in [0.4, 0.5) is 4.39 Å². The summed E-state index contributed by atoms with van der Waals surface area (Å²) in [5, 5.41) is 16.0. The normalized spacial score (nSPS) is 10.9. The van der Waals surface area contributed by atoms with Gasteiger partial charge in [0.05, 0.1) is 16.3 Å². The van der Waals surface area contributed by atoms with Crippen molar-refractivity contribution in [3.05, 3.63) is 45.7 Å². The fourth-order valence-corrected chi connectivity index (χ4v) is 1.40. The monoisotopic (exact) mass is 266 g/mol. The molecule has 0 aliphatic rings. The Hall–Kier alpha value is -1.47. The van der Waals surface area contributed by atoms with Crippen molar-refractivity contribution in [3.63, 3.8) is 0 Å². The Morgan fingerprint density at radius 3 is 2.80 bits per heavy atom. The molecule has 0 radical (unpaired) electrons. The Bertz CT molecular complexity index is 472. The molecule has 0 amide bonds. The quantitative estimate of drug-likeness (QED) is 0.648. The van der Waals surface area contributed by atoms with Crippen molar-refractivity contribution in [2.75, 3.05) is 0 Å². The second-order valence-electron chi connectivity index (χ2n) is 2.98. The molecule has 0 spiro atoms. The highest BCUT2D eigenvalue weighted by Gasteiger charge is 2.10. The minimum Gasteiger partial charge on any atom is -0.299 e. The first kappa shape index (κ1) is 11.6. The Morgan fingerprint density at radius 2 is 2.27 bits per heavy atom. The van der Waals surface area contributed by atoms with Crippen molar-refractivity contribution >= 4 is 21.6 Å². The van der Waals surface area contributed by atoms with E-state index < -0.39 is 5.82 Å². The molecule has 4 heteroatoms. The van der Waals surface area contributed by atoms with Crippen LogP contribution in [0.2, 0.25) is 0 Å². The molecule has 0 aliphatic heterocycles. The first-order chi connectivity index (χ1) is 7.06. The third kappa shape index (κ3) is 2.74. The van der Waals surface area contributed by atoms with E-state index >= 15 is 0 Å². The van der Waals surface area contributed by atoms with Crippen LogP contribution in [0.1, 0.15) is 11.1 Å². The summed E-state index contributed by atoms with van der Waals surface area (Å²) in [4.78, 5) is 0. The maximum Gasteiger partial charge on any atom is 0.132 e. The highest BCUT2D eigenvalue weighted by Crippen LogP contribution is 2.17. The number of allylic oxidation sites excluding steroid dienone is 2. The Kier molecular flexibility index (Phi) is 3.75. The molecule has 15 heavy (non-hydrogen) atoms. The van der Waals surface area contributed by atoms with Crippen LogP contribution in [-0.4, -0.2) is 5.71 Å². The van der Waals surface area contributed by atoms with Gasteiger partial charge in [-0.05, 0) is 40.5 Å². The lowest BCUT2D eigenvalue weighted by Gasteiger charge is -2.04. The molecular formula is C11H8BrFN2. The second kappa shape index (κ2) is 4.85. The lowest BCUT2D eigenvalue weighted by atomic mass is 10.1. The van der Waals surface area contributed by atoms with Gasteiger partial charge in [0, 0.05) is 11.6 Å². The molecule has 0 saturated carbocycles. The molecule has 1 aromatic carbocycles. The van der Waals surface area contributed by atoms with Crippen molar-refractivity contribution in [2.45, 2.75) is 6.92 Å². The summed E-state index contributed by atoms with van der Waals surface area (Å²) in [7, 11) is 0. The zero-order valence-corrected chi connectivity index (χ0v) is 9.60. The number of hydrogen-bond donors (Lipinski definition) is 1. The van der Waals surface area contributed by atoms with Gasteiger partial charge in [0.25, 0.3) is 0 Å². The van der Waals surface area contributed by atoms with E-state index in [4.69, 9.17) is 10.7 Å². The molecule has 2 nitrogen and oxygen atoms in total. The van der Waals surface area contributed by atoms with E-state index in [-0.39, 0.29) is 15.8 Å². The summed E-state index contributed by atoms with van der Waals surface area (Å²) < 4.78 is 13.7. The van der Waals surface area contributed by atoms with E-state index in [2.05, 4.69) is 15.9 Å². The average molecular weight is 267 g/mol. The molecule has 0 aliphatic carbocycles. The lowest BCUT2D eigenvalue weighted by Crippen LogP contribution is -2.02. The van der Waals surface area contributed by atoms with E-state index in [0.717, 1.165) is 11.6 Å². The van der Waals surface area contributed by atoms with Crippen LogP contribution in [0.5, 0.6) is 0 Å². The molecule has 0 fully saturated rings. The third-order valence-electron chi connectivity index (χ3n) is 1.82. The van der Waals surface area contributed by atoms with Gasteiger partial charge in [-0.25, -0.2) is 4.39 Å². The maximum atomic E-state index is 13.4. The molecule has 1 rings (SSSR count). The van der Waals surface area contributed by atoms with E-state index in [9.17, 15) is 4.39 Å². The van der Waals surface area contributed by atoms with Crippen LogP contribution in [0.15, 0.2) is 28.8 Å². The fraction of sp³-hybridized carbons (Fsp3) is 0.0909. The van der Waals surface area contributed by atoms with Gasteiger partial charge in [-0.2, -0.15) is 5.26 Å². The minimum absolute atomic E-state index is 0.0333. The third-order valence-corrected chi connectivity index (χ3v) is 2.45. The summed E-state index contributed by atoms with van der Waals surface area (Å²) in [5.74, 6) is -0.455. The van der Waals surface area contributed by atoms with Crippen molar-refractivity contribution in [1.29, 1.82) is 10.7 Å². The molecule has 0 saturated heterocycles. The molecular weight excluding hydrogens is 259 g/mol. The molecule has 0 aromatic heterocycles. The van der Waals surface area contributed by atoms with Gasteiger partial charge < -0.3 is 0 Å². The van der Waals surface area contributed by atoms with E-state index in [1.165, 1.54) is 12.1 Å². The van der Waals surface area contributed by atoms with E-state index in [0.29, 0.717) is 0 Å². The van der Waals surface area contributed by atoms with Crippen LogP contribution in [0.25, 0.3) is 0 Å². The fourth-order valence-electron chi connectivity index (χ4n) is 1.08. The summed E-state index contributed by atoms with van der Waals surface area (Å²) in [6.45, 7) is 1.77. The van der Waals surface area contributed by atoms with Gasteiger partial charge in [-0.3, -0.25) is 5.41 Å². The van der Waals surface area contributed by atoms with Crippen molar-refractivity contribution in [3.8, 4) is 6.07 Å². The van der Waals surface area contributed by atoms with E-state index in [1.807, 2.05) is 0 Å². The number of nitrogens with one attached hydrogen (secondary N) is 1. The van der Waals surface area contributed by atoms with Crippen LogP contribution in [0, 0.1) is 29.5 Å². The van der Waals surface area contributed by atoms with Gasteiger partial charge in [-0.1, -0.05) is 6.07 Å². The first-order valence-electron chi connectivity index (χ1n) is 4.17. The Balaban J connectivity index is 3.14. The molecule has 1 aromatic rings.